The molecule has 12 heavy (non-hydrogen) atoms. The highest BCUT2D eigenvalue weighted by Gasteiger charge is 2.13. The van der Waals surface area contributed by atoms with E-state index < -0.39 is 6.43 Å². The average molecular weight is 167 g/mol. The van der Waals surface area contributed by atoms with Gasteiger partial charge in [-0.05, 0) is 12.5 Å². The van der Waals surface area contributed by atoms with Gasteiger partial charge in [-0.2, -0.15) is 5.26 Å². The summed E-state index contributed by atoms with van der Waals surface area (Å²) in [6.07, 6.45) is -2.57. The fourth-order valence-corrected chi connectivity index (χ4v) is 1.03. The van der Waals surface area contributed by atoms with E-state index in [1.165, 1.54) is 12.1 Å². The predicted molar refractivity (Wildman–Crippen MR) is 40.9 cm³/mol. The normalized spacial score (nSPS) is 9.92. The van der Waals surface area contributed by atoms with Crippen LogP contribution in [0.3, 0.4) is 0 Å². The van der Waals surface area contributed by atoms with Crippen LogP contribution in [-0.4, -0.2) is 0 Å². The van der Waals surface area contributed by atoms with Crippen LogP contribution in [0.4, 0.5) is 8.78 Å². The van der Waals surface area contributed by atoms with E-state index in [1.54, 1.807) is 19.1 Å². The first-order valence-electron chi connectivity index (χ1n) is 3.44. The Labute approximate surface area is 69.2 Å². The summed E-state index contributed by atoms with van der Waals surface area (Å²) in [5.41, 5.74) is 0.500. The fourth-order valence-electron chi connectivity index (χ4n) is 1.03. The van der Waals surface area contributed by atoms with Crippen LogP contribution in [-0.2, 0) is 0 Å². The molecule has 0 aromatic heterocycles. The third-order valence-electron chi connectivity index (χ3n) is 1.65. The number of halogens is 2. The lowest BCUT2D eigenvalue weighted by Gasteiger charge is -2.03. The number of benzene rings is 1. The maximum Gasteiger partial charge on any atom is 0.265 e. The predicted octanol–water partition coefficient (Wildman–Crippen LogP) is 2.80. The second-order valence-electron chi connectivity index (χ2n) is 2.45. The van der Waals surface area contributed by atoms with Gasteiger partial charge in [-0.1, -0.05) is 18.2 Å². The lowest BCUT2D eigenvalue weighted by molar-refractivity contribution is 0.151. The van der Waals surface area contributed by atoms with Crippen molar-refractivity contribution in [2.24, 2.45) is 0 Å². The summed E-state index contributed by atoms with van der Waals surface area (Å²) in [5.74, 6) is 0. The zero-order valence-corrected chi connectivity index (χ0v) is 6.51. The molecule has 0 spiro atoms. The van der Waals surface area contributed by atoms with Gasteiger partial charge in [0.1, 0.15) is 0 Å². The quantitative estimate of drug-likeness (QED) is 0.630. The molecule has 3 heteroatoms. The Balaban J connectivity index is 3.30. The third kappa shape index (κ3) is 1.42. The molecule has 0 aliphatic heterocycles. The van der Waals surface area contributed by atoms with Gasteiger partial charge < -0.3 is 0 Å². The third-order valence-corrected chi connectivity index (χ3v) is 1.65. The number of hydrogen-bond acceptors (Lipinski definition) is 1. The molecular formula is C9H7F2N. The van der Waals surface area contributed by atoms with E-state index in [1.807, 2.05) is 0 Å². The summed E-state index contributed by atoms with van der Waals surface area (Å²) in [6, 6.07) is 6.21. The van der Waals surface area contributed by atoms with Crippen LogP contribution in [0.15, 0.2) is 18.2 Å². The molecule has 0 saturated heterocycles. The van der Waals surface area contributed by atoms with Gasteiger partial charge in [-0.3, -0.25) is 0 Å². The van der Waals surface area contributed by atoms with Crippen molar-refractivity contribution in [2.75, 3.05) is 0 Å². The van der Waals surface area contributed by atoms with Crippen molar-refractivity contribution in [1.82, 2.24) is 0 Å². The zero-order chi connectivity index (χ0) is 9.14. The van der Waals surface area contributed by atoms with Gasteiger partial charge >= 0.3 is 0 Å². The molecule has 1 aromatic rings. The summed E-state index contributed by atoms with van der Waals surface area (Å²) < 4.78 is 24.5. The average Bonchev–Trinajstić information content (AvgIpc) is 2.03. The standard InChI is InChI=1S/C9H7F2N/c1-6-3-2-4-7(9(10)11)8(6)5-12/h2-4,9H,1H3. The van der Waals surface area contributed by atoms with Crippen molar-refractivity contribution in [3.8, 4) is 6.07 Å². The smallest absolute Gasteiger partial charge is 0.205 e. The minimum atomic E-state index is -2.57. The summed E-state index contributed by atoms with van der Waals surface area (Å²) >= 11 is 0. The Hall–Kier alpha value is -1.43. The maximum atomic E-state index is 12.2. The second-order valence-corrected chi connectivity index (χ2v) is 2.45. The molecule has 1 rings (SSSR count). The van der Waals surface area contributed by atoms with E-state index in [9.17, 15) is 8.78 Å². The topological polar surface area (TPSA) is 23.8 Å². The van der Waals surface area contributed by atoms with Gasteiger partial charge in [-0.25, -0.2) is 8.78 Å². The fraction of sp³-hybridized carbons (Fsp3) is 0.222. The summed E-state index contributed by atoms with van der Waals surface area (Å²) in [7, 11) is 0. The largest absolute Gasteiger partial charge is 0.265 e. The van der Waals surface area contributed by atoms with Gasteiger partial charge in [0, 0.05) is 5.56 Å². The molecular weight excluding hydrogens is 160 g/mol. The molecule has 0 heterocycles. The summed E-state index contributed by atoms with van der Waals surface area (Å²) in [4.78, 5) is 0. The van der Waals surface area contributed by atoms with E-state index in [-0.39, 0.29) is 11.1 Å². The Morgan fingerprint density at radius 3 is 2.50 bits per heavy atom. The minimum Gasteiger partial charge on any atom is -0.205 e. The number of hydrogen-bond donors (Lipinski definition) is 0. The number of alkyl halides is 2. The maximum absolute atomic E-state index is 12.2. The molecule has 0 N–H and O–H groups in total. The Morgan fingerprint density at radius 1 is 1.42 bits per heavy atom. The van der Waals surface area contributed by atoms with E-state index in [0.29, 0.717) is 5.56 Å². The van der Waals surface area contributed by atoms with Gasteiger partial charge in [-0.15, -0.1) is 0 Å². The van der Waals surface area contributed by atoms with Gasteiger partial charge in [0.25, 0.3) is 6.43 Å². The number of aryl methyl sites for hydroxylation is 1. The molecule has 1 aromatic carbocycles. The van der Waals surface area contributed by atoms with Crippen LogP contribution in [0.25, 0.3) is 0 Å². The monoisotopic (exact) mass is 167 g/mol. The summed E-state index contributed by atoms with van der Waals surface area (Å²) in [6.45, 7) is 1.64. The van der Waals surface area contributed by atoms with E-state index >= 15 is 0 Å². The number of rotatable bonds is 1. The molecule has 0 amide bonds. The molecule has 0 saturated carbocycles. The van der Waals surface area contributed by atoms with Crippen molar-refractivity contribution >= 4 is 0 Å². The van der Waals surface area contributed by atoms with E-state index in [0.717, 1.165) is 0 Å². The second kappa shape index (κ2) is 3.31. The lowest BCUT2D eigenvalue weighted by atomic mass is 10.0. The molecule has 0 atom stereocenters. The summed E-state index contributed by atoms with van der Waals surface area (Å²) in [5, 5.41) is 8.56. The molecule has 0 bridgehead atoms. The highest BCUT2D eigenvalue weighted by Crippen LogP contribution is 2.24. The van der Waals surface area contributed by atoms with Gasteiger partial charge in [0.05, 0.1) is 11.6 Å². The number of nitrogens with zero attached hydrogens (tertiary/aromatic N) is 1. The first-order valence-corrected chi connectivity index (χ1v) is 3.44. The van der Waals surface area contributed by atoms with Crippen molar-refractivity contribution in [3.05, 3.63) is 34.9 Å². The van der Waals surface area contributed by atoms with Crippen molar-refractivity contribution < 1.29 is 8.78 Å². The first kappa shape index (κ1) is 8.66. The molecule has 62 valence electrons. The lowest BCUT2D eigenvalue weighted by Crippen LogP contribution is -1.92. The molecule has 0 aliphatic carbocycles. The van der Waals surface area contributed by atoms with Gasteiger partial charge in [0.2, 0.25) is 0 Å². The molecule has 0 radical (unpaired) electrons. The van der Waals surface area contributed by atoms with Crippen LogP contribution in [0.2, 0.25) is 0 Å². The van der Waals surface area contributed by atoms with E-state index in [4.69, 9.17) is 5.26 Å². The Morgan fingerprint density at radius 2 is 2.08 bits per heavy atom. The van der Waals surface area contributed by atoms with Crippen molar-refractivity contribution in [3.63, 3.8) is 0 Å². The van der Waals surface area contributed by atoms with Crippen LogP contribution < -0.4 is 0 Å². The zero-order valence-electron chi connectivity index (χ0n) is 6.51. The molecule has 0 aliphatic rings. The van der Waals surface area contributed by atoms with Crippen molar-refractivity contribution in [1.29, 1.82) is 5.26 Å². The highest BCUT2D eigenvalue weighted by atomic mass is 19.3. The van der Waals surface area contributed by atoms with Crippen molar-refractivity contribution in [2.45, 2.75) is 13.3 Å². The first-order chi connectivity index (χ1) is 5.66. The molecule has 0 unspecified atom stereocenters. The van der Waals surface area contributed by atoms with Gasteiger partial charge in [0.15, 0.2) is 0 Å². The molecule has 0 fully saturated rings. The van der Waals surface area contributed by atoms with E-state index in [2.05, 4.69) is 0 Å². The Bertz CT molecular complexity index is 326. The molecule has 1 nitrogen and oxygen atoms in total. The minimum absolute atomic E-state index is 0.0903. The Kier molecular flexibility index (Phi) is 2.39. The van der Waals surface area contributed by atoms with Crippen LogP contribution in [0.5, 0.6) is 0 Å². The van der Waals surface area contributed by atoms with Crippen LogP contribution in [0.1, 0.15) is 23.1 Å². The highest BCUT2D eigenvalue weighted by molar-refractivity contribution is 5.44. The van der Waals surface area contributed by atoms with Crippen LogP contribution >= 0.6 is 0 Å². The number of nitriles is 1. The van der Waals surface area contributed by atoms with Crippen LogP contribution in [0, 0.1) is 18.3 Å². The SMILES string of the molecule is Cc1cccc(C(F)F)c1C#N.